The van der Waals surface area contributed by atoms with Crippen molar-refractivity contribution in [1.29, 1.82) is 0 Å². The Kier molecular flexibility index (Phi) is 3.68. The highest BCUT2D eigenvalue weighted by atomic mass is 35.5. The van der Waals surface area contributed by atoms with Gasteiger partial charge in [-0.25, -0.2) is 9.59 Å². The lowest BCUT2D eigenvalue weighted by atomic mass is 10.0. The molecule has 0 radical (unpaired) electrons. The molecular formula is C9H5Cl3O4. The maximum absolute atomic E-state index is 10.9. The summed E-state index contributed by atoms with van der Waals surface area (Å²) in [5.41, 5.74) is -0.924. The predicted molar refractivity (Wildman–Crippen MR) is 60.1 cm³/mol. The summed E-state index contributed by atoms with van der Waals surface area (Å²) in [6.45, 7) is 1.45. The van der Waals surface area contributed by atoms with Crippen LogP contribution in [0.3, 0.4) is 0 Å². The number of hydrogen-bond donors (Lipinski definition) is 2. The van der Waals surface area contributed by atoms with Gasteiger partial charge in [-0.2, -0.15) is 0 Å². The van der Waals surface area contributed by atoms with Crippen LogP contribution in [0, 0.1) is 6.92 Å². The van der Waals surface area contributed by atoms with Gasteiger partial charge in [-0.05, 0) is 12.5 Å². The number of aromatic carboxylic acids is 2. The number of benzene rings is 1. The quantitative estimate of drug-likeness (QED) is 0.816. The van der Waals surface area contributed by atoms with Crippen molar-refractivity contribution in [3.63, 3.8) is 0 Å². The first-order chi connectivity index (χ1) is 7.29. The third-order valence-corrected chi connectivity index (χ3v) is 3.39. The summed E-state index contributed by atoms with van der Waals surface area (Å²) in [6, 6.07) is 0. The molecule has 4 nitrogen and oxygen atoms in total. The van der Waals surface area contributed by atoms with Gasteiger partial charge in [0.1, 0.15) is 0 Å². The van der Waals surface area contributed by atoms with Crippen molar-refractivity contribution < 1.29 is 19.8 Å². The van der Waals surface area contributed by atoms with Crippen molar-refractivity contribution >= 4 is 46.7 Å². The summed E-state index contributed by atoms with van der Waals surface area (Å²) >= 11 is 17.1. The Balaban J connectivity index is 3.83. The topological polar surface area (TPSA) is 74.6 Å². The molecule has 1 rings (SSSR count). The minimum absolute atomic E-state index is 0.0610. The van der Waals surface area contributed by atoms with Gasteiger partial charge in [0.15, 0.2) is 0 Å². The molecule has 0 saturated heterocycles. The zero-order chi connectivity index (χ0) is 12.6. The number of hydrogen-bond acceptors (Lipinski definition) is 2. The number of carbonyl (C=O) groups is 2. The lowest BCUT2D eigenvalue weighted by Gasteiger charge is -2.11. The van der Waals surface area contributed by atoms with Gasteiger partial charge in [-0.3, -0.25) is 0 Å². The number of carboxylic acid groups (broad SMARTS) is 2. The SMILES string of the molecule is Cc1c(Cl)c(Cl)c(C(=O)O)c(C(=O)O)c1Cl. The Morgan fingerprint density at radius 3 is 1.62 bits per heavy atom. The van der Waals surface area contributed by atoms with Crippen molar-refractivity contribution in [2.75, 3.05) is 0 Å². The van der Waals surface area contributed by atoms with Crippen molar-refractivity contribution in [1.82, 2.24) is 0 Å². The standard InChI is InChI=1S/C9H5Cl3O4/c1-2-5(10)3(8(13)14)4(9(15)16)7(12)6(2)11/h1H3,(H,13,14)(H,15,16). The Hall–Kier alpha value is -0.970. The van der Waals surface area contributed by atoms with Crippen LogP contribution in [0.25, 0.3) is 0 Å². The first-order valence-electron chi connectivity index (χ1n) is 3.92. The molecule has 0 unspecified atom stereocenters. The van der Waals surface area contributed by atoms with Crippen LogP contribution in [0.1, 0.15) is 26.3 Å². The fourth-order valence-corrected chi connectivity index (χ4v) is 2.00. The summed E-state index contributed by atoms with van der Waals surface area (Å²) < 4.78 is 0. The molecule has 0 aliphatic carbocycles. The monoisotopic (exact) mass is 282 g/mol. The van der Waals surface area contributed by atoms with E-state index in [2.05, 4.69) is 0 Å². The smallest absolute Gasteiger partial charge is 0.338 e. The van der Waals surface area contributed by atoms with E-state index in [1.807, 2.05) is 0 Å². The van der Waals surface area contributed by atoms with Gasteiger partial charge in [0.05, 0.1) is 26.2 Å². The second kappa shape index (κ2) is 4.49. The van der Waals surface area contributed by atoms with E-state index in [1.54, 1.807) is 0 Å². The highest BCUT2D eigenvalue weighted by Gasteiger charge is 2.27. The van der Waals surface area contributed by atoms with Crippen LogP contribution < -0.4 is 0 Å². The van der Waals surface area contributed by atoms with Crippen molar-refractivity contribution in [3.8, 4) is 0 Å². The van der Waals surface area contributed by atoms with Crippen LogP contribution in [-0.2, 0) is 0 Å². The van der Waals surface area contributed by atoms with Crippen molar-refractivity contribution in [2.24, 2.45) is 0 Å². The summed E-state index contributed by atoms with van der Waals surface area (Å²) in [4.78, 5) is 21.8. The molecule has 0 saturated carbocycles. The molecule has 16 heavy (non-hydrogen) atoms. The second-order valence-electron chi connectivity index (χ2n) is 2.93. The van der Waals surface area contributed by atoms with Crippen molar-refractivity contribution in [2.45, 2.75) is 6.92 Å². The lowest BCUT2D eigenvalue weighted by Crippen LogP contribution is -2.11. The molecule has 1 aromatic rings. The molecule has 0 atom stereocenters. The average Bonchev–Trinajstić information content (AvgIpc) is 2.18. The van der Waals surface area contributed by atoms with Crippen LogP contribution in [0.2, 0.25) is 15.1 Å². The van der Waals surface area contributed by atoms with E-state index < -0.39 is 23.1 Å². The Bertz CT molecular complexity index is 451. The second-order valence-corrected chi connectivity index (χ2v) is 4.06. The summed E-state index contributed by atoms with van der Waals surface area (Å²) in [7, 11) is 0. The van der Waals surface area contributed by atoms with Crippen LogP contribution in [0.15, 0.2) is 0 Å². The van der Waals surface area contributed by atoms with Gasteiger partial charge in [0, 0.05) is 0 Å². The molecule has 0 fully saturated rings. The number of halogens is 3. The third kappa shape index (κ3) is 1.96. The molecule has 1 aromatic carbocycles. The molecule has 0 heterocycles. The van der Waals surface area contributed by atoms with E-state index in [1.165, 1.54) is 6.92 Å². The maximum atomic E-state index is 10.9. The minimum atomic E-state index is -1.49. The van der Waals surface area contributed by atoms with Crippen LogP contribution >= 0.6 is 34.8 Å². The van der Waals surface area contributed by atoms with E-state index in [-0.39, 0.29) is 20.6 Å². The Labute approximate surface area is 105 Å². The van der Waals surface area contributed by atoms with E-state index in [9.17, 15) is 9.59 Å². The number of rotatable bonds is 2. The molecular weight excluding hydrogens is 278 g/mol. The van der Waals surface area contributed by atoms with Crippen LogP contribution in [0.4, 0.5) is 0 Å². The normalized spacial score (nSPS) is 10.2. The van der Waals surface area contributed by atoms with E-state index in [0.29, 0.717) is 0 Å². The van der Waals surface area contributed by atoms with Gasteiger partial charge in [0.25, 0.3) is 0 Å². The van der Waals surface area contributed by atoms with Gasteiger partial charge < -0.3 is 10.2 Å². The highest BCUT2D eigenvalue weighted by Crippen LogP contribution is 2.37. The van der Waals surface area contributed by atoms with Gasteiger partial charge in [-0.15, -0.1) is 0 Å². The predicted octanol–water partition coefficient (Wildman–Crippen LogP) is 3.35. The van der Waals surface area contributed by atoms with Crippen LogP contribution in [0.5, 0.6) is 0 Å². The summed E-state index contributed by atoms with van der Waals surface area (Å²) in [5.74, 6) is -2.96. The molecule has 7 heteroatoms. The molecule has 0 aliphatic heterocycles. The van der Waals surface area contributed by atoms with E-state index in [4.69, 9.17) is 45.0 Å². The minimum Gasteiger partial charge on any atom is -0.478 e. The van der Waals surface area contributed by atoms with Gasteiger partial charge >= 0.3 is 11.9 Å². The average molecular weight is 283 g/mol. The highest BCUT2D eigenvalue weighted by molar-refractivity contribution is 6.47. The molecule has 0 spiro atoms. The van der Waals surface area contributed by atoms with Crippen LogP contribution in [-0.4, -0.2) is 22.2 Å². The molecule has 2 N–H and O–H groups in total. The first kappa shape index (κ1) is 13.1. The zero-order valence-electron chi connectivity index (χ0n) is 7.84. The molecule has 0 aliphatic rings. The molecule has 0 amide bonds. The van der Waals surface area contributed by atoms with Crippen molar-refractivity contribution in [3.05, 3.63) is 31.8 Å². The fourth-order valence-electron chi connectivity index (χ4n) is 1.18. The molecule has 86 valence electrons. The Morgan fingerprint density at radius 2 is 1.25 bits per heavy atom. The number of carboxylic acids is 2. The van der Waals surface area contributed by atoms with E-state index >= 15 is 0 Å². The van der Waals surface area contributed by atoms with Gasteiger partial charge in [-0.1, -0.05) is 34.8 Å². The molecule has 0 bridgehead atoms. The third-order valence-electron chi connectivity index (χ3n) is 1.97. The largest absolute Gasteiger partial charge is 0.478 e. The summed E-state index contributed by atoms with van der Waals surface area (Å²) in [5, 5.41) is 17.1. The molecule has 0 aromatic heterocycles. The fraction of sp³-hybridized carbons (Fsp3) is 0.111. The lowest BCUT2D eigenvalue weighted by molar-refractivity contribution is 0.0651. The first-order valence-corrected chi connectivity index (χ1v) is 5.06. The summed E-state index contributed by atoms with van der Waals surface area (Å²) in [6.07, 6.45) is 0. The maximum Gasteiger partial charge on any atom is 0.338 e. The van der Waals surface area contributed by atoms with E-state index in [0.717, 1.165) is 0 Å². The van der Waals surface area contributed by atoms with Gasteiger partial charge in [0.2, 0.25) is 0 Å². The zero-order valence-corrected chi connectivity index (χ0v) is 10.1. The Morgan fingerprint density at radius 1 is 0.875 bits per heavy atom.